The van der Waals surface area contributed by atoms with Gasteiger partial charge >= 0.3 is 17.9 Å². The van der Waals surface area contributed by atoms with Crippen LogP contribution in [0.1, 0.15) is 303 Å². The molecule has 0 aliphatic heterocycles. The van der Waals surface area contributed by atoms with E-state index in [2.05, 4.69) is 57.2 Å². The van der Waals surface area contributed by atoms with Gasteiger partial charge in [-0.2, -0.15) is 0 Å². The lowest BCUT2D eigenvalue weighted by molar-refractivity contribution is -0.167. The summed E-state index contributed by atoms with van der Waals surface area (Å²) >= 11 is 0. The van der Waals surface area contributed by atoms with E-state index in [1.807, 2.05) is 0 Å². The van der Waals surface area contributed by atoms with Crippen molar-refractivity contribution in [3.05, 3.63) is 36.5 Å². The topological polar surface area (TPSA) is 78.9 Å². The number of carbonyl (C=O) groups excluding carboxylic acids is 3. The van der Waals surface area contributed by atoms with E-state index in [4.69, 9.17) is 14.2 Å². The Morgan fingerprint density at radius 1 is 0.308 bits per heavy atom. The minimum absolute atomic E-state index is 0.0720. The Labute approximate surface area is 404 Å². The Kier molecular flexibility index (Phi) is 52.3. The monoisotopic (exact) mass is 913 g/mol. The summed E-state index contributed by atoms with van der Waals surface area (Å²) in [5, 5.41) is 0. The van der Waals surface area contributed by atoms with Crippen LogP contribution in [0.4, 0.5) is 0 Å². The fourth-order valence-corrected chi connectivity index (χ4v) is 8.33. The van der Waals surface area contributed by atoms with Crippen molar-refractivity contribution in [1.29, 1.82) is 0 Å². The Balaban J connectivity index is 4.29. The van der Waals surface area contributed by atoms with E-state index < -0.39 is 6.10 Å². The van der Waals surface area contributed by atoms with Gasteiger partial charge in [0.15, 0.2) is 6.10 Å². The molecule has 6 heteroatoms. The molecule has 0 aromatic rings. The Morgan fingerprint density at radius 3 is 0.862 bits per heavy atom. The van der Waals surface area contributed by atoms with Crippen molar-refractivity contribution in [2.75, 3.05) is 13.2 Å². The number of hydrogen-bond acceptors (Lipinski definition) is 6. The Bertz CT molecular complexity index is 1090. The lowest BCUT2D eigenvalue weighted by Crippen LogP contribution is -2.30. The van der Waals surface area contributed by atoms with Crippen molar-refractivity contribution < 1.29 is 28.6 Å². The number of esters is 3. The number of carbonyl (C=O) groups is 3. The van der Waals surface area contributed by atoms with Crippen LogP contribution in [0.5, 0.6) is 0 Å². The van der Waals surface area contributed by atoms with Crippen LogP contribution < -0.4 is 0 Å². The summed E-state index contributed by atoms with van der Waals surface area (Å²) < 4.78 is 16.8. The molecular weight excluding hydrogens is 805 g/mol. The first-order valence-electron chi connectivity index (χ1n) is 28.5. The van der Waals surface area contributed by atoms with Crippen LogP contribution in [-0.2, 0) is 28.6 Å². The second kappa shape index (κ2) is 54.2. The molecule has 0 radical (unpaired) electrons. The number of ether oxygens (including phenoxy) is 3. The molecule has 1 atom stereocenters. The van der Waals surface area contributed by atoms with Gasteiger partial charge < -0.3 is 14.2 Å². The first kappa shape index (κ1) is 62.6. The average Bonchev–Trinajstić information content (AvgIpc) is 3.30. The molecule has 0 amide bonds. The highest BCUT2D eigenvalue weighted by molar-refractivity contribution is 5.71. The fraction of sp³-hybridized carbons (Fsp3) is 0.847. The van der Waals surface area contributed by atoms with Gasteiger partial charge in [-0.05, 0) is 57.8 Å². The van der Waals surface area contributed by atoms with Crippen LogP contribution in [-0.4, -0.2) is 37.2 Å². The Hall–Kier alpha value is -2.37. The SMILES string of the molecule is CCCCCCC/C=C\C/C=C\C/C=C\CCCCCCCCC(=O)OCC(COC(=O)CCCCCCCCCCCC)OC(=O)CCCCCCCCCCCCCCCCCC. The van der Waals surface area contributed by atoms with Gasteiger partial charge in [0.05, 0.1) is 0 Å². The molecule has 0 N–H and O–H groups in total. The molecule has 6 nitrogen and oxygen atoms in total. The highest BCUT2D eigenvalue weighted by Gasteiger charge is 2.19. The Morgan fingerprint density at radius 2 is 0.554 bits per heavy atom. The second-order valence-electron chi connectivity index (χ2n) is 19.2. The lowest BCUT2D eigenvalue weighted by Gasteiger charge is -2.18. The van der Waals surface area contributed by atoms with E-state index >= 15 is 0 Å². The first-order chi connectivity index (χ1) is 32.0. The smallest absolute Gasteiger partial charge is 0.306 e. The number of hydrogen-bond donors (Lipinski definition) is 0. The number of allylic oxidation sites excluding steroid dienone is 6. The van der Waals surface area contributed by atoms with E-state index in [0.29, 0.717) is 19.3 Å². The summed E-state index contributed by atoms with van der Waals surface area (Å²) in [7, 11) is 0. The molecule has 0 saturated carbocycles. The van der Waals surface area contributed by atoms with Gasteiger partial charge in [-0.3, -0.25) is 14.4 Å². The van der Waals surface area contributed by atoms with Gasteiger partial charge in [-0.15, -0.1) is 0 Å². The zero-order valence-corrected chi connectivity index (χ0v) is 43.5. The average molecular weight is 914 g/mol. The molecular formula is C59H108O6. The van der Waals surface area contributed by atoms with Crippen LogP contribution >= 0.6 is 0 Å². The predicted octanol–water partition coefficient (Wildman–Crippen LogP) is 18.9. The molecule has 0 bridgehead atoms. The van der Waals surface area contributed by atoms with Gasteiger partial charge in [0.25, 0.3) is 0 Å². The molecule has 0 spiro atoms. The largest absolute Gasteiger partial charge is 0.462 e. The zero-order chi connectivity index (χ0) is 47.2. The fourth-order valence-electron chi connectivity index (χ4n) is 8.33. The maximum atomic E-state index is 12.8. The highest BCUT2D eigenvalue weighted by atomic mass is 16.6. The molecule has 380 valence electrons. The number of rotatable bonds is 52. The maximum Gasteiger partial charge on any atom is 0.306 e. The van der Waals surface area contributed by atoms with E-state index in [-0.39, 0.29) is 31.1 Å². The van der Waals surface area contributed by atoms with Crippen LogP contribution in [0.15, 0.2) is 36.5 Å². The minimum Gasteiger partial charge on any atom is -0.462 e. The van der Waals surface area contributed by atoms with Crippen molar-refractivity contribution >= 4 is 17.9 Å². The van der Waals surface area contributed by atoms with Gasteiger partial charge in [0, 0.05) is 19.3 Å². The molecule has 0 aromatic heterocycles. The predicted molar refractivity (Wildman–Crippen MR) is 279 cm³/mol. The quantitative estimate of drug-likeness (QED) is 0.0262. The summed E-state index contributed by atoms with van der Waals surface area (Å²) in [4.78, 5) is 38.0. The molecule has 0 rings (SSSR count). The second-order valence-corrected chi connectivity index (χ2v) is 19.2. The minimum atomic E-state index is -0.772. The van der Waals surface area contributed by atoms with Crippen LogP contribution in [0.3, 0.4) is 0 Å². The lowest BCUT2D eigenvalue weighted by atomic mass is 10.0. The van der Waals surface area contributed by atoms with Gasteiger partial charge in [0.2, 0.25) is 0 Å². The van der Waals surface area contributed by atoms with Crippen molar-refractivity contribution in [3.8, 4) is 0 Å². The van der Waals surface area contributed by atoms with Crippen molar-refractivity contribution in [3.63, 3.8) is 0 Å². The summed E-state index contributed by atoms with van der Waals surface area (Å²) in [6.07, 6.45) is 64.2. The van der Waals surface area contributed by atoms with E-state index in [9.17, 15) is 14.4 Å². The third-order valence-corrected chi connectivity index (χ3v) is 12.6. The standard InChI is InChI=1S/C59H108O6/c1-4-7-10-13-16-19-22-24-26-28-29-30-31-32-34-35-37-40-43-46-49-52-58(61)64-55-56(54-63-57(60)51-48-45-42-39-21-18-15-12-9-6-3)65-59(62)53-50-47-44-41-38-36-33-27-25-23-20-17-14-11-8-5-2/h22,24,28-29,31-32,56H,4-21,23,25-27,30,33-55H2,1-3H3/b24-22-,29-28-,32-31-. The van der Waals surface area contributed by atoms with E-state index in [1.54, 1.807) is 0 Å². The van der Waals surface area contributed by atoms with Crippen molar-refractivity contribution in [1.82, 2.24) is 0 Å². The van der Waals surface area contributed by atoms with Crippen LogP contribution in [0, 0.1) is 0 Å². The summed E-state index contributed by atoms with van der Waals surface area (Å²) in [6.45, 7) is 6.64. The van der Waals surface area contributed by atoms with Crippen molar-refractivity contribution in [2.24, 2.45) is 0 Å². The normalized spacial score (nSPS) is 12.2. The maximum absolute atomic E-state index is 12.8. The van der Waals surface area contributed by atoms with Crippen LogP contribution in [0.25, 0.3) is 0 Å². The molecule has 0 fully saturated rings. The summed E-state index contributed by atoms with van der Waals surface area (Å²) in [5.74, 6) is -0.870. The van der Waals surface area contributed by atoms with Gasteiger partial charge in [-0.1, -0.05) is 263 Å². The van der Waals surface area contributed by atoms with E-state index in [0.717, 1.165) is 77.0 Å². The van der Waals surface area contributed by atoms with Gasteiger partial charge in [0.1, 0.15) is 13.2 Å². The van der Waals surface area contributed by atoms with Gasteiger partial charge in [-0.25, -0.2) is 0 Å². The molecule has 0 heterocycles. The molecule has 0 aliphatic carbocycles. The van der Waals surface area contributed by atoms with E-state index in [1.165, 1.54) is 186 Å². The zero-order valence-electron chi connectivity index (χ0n) is 43.5. The third kappa shape index (κ3) is 52.5. The third-order valence-electron chi connectivity index (χ3n) is 12.6. The molecule has 0 saturated heterocycles. The number of unbranched alkanes of at least 4 members (excludes halogenated alkanes) is 35. The molecule has 1 unspecified atom stereocenters. The summed E-state index contributed by atoms with van der Waals surface area (Å²) in [6, 6.07) is 0. The van der Waals surface area contributed by atoms with Crippen molar-refractivity contribution in [2.45, 2.75) is 309 Å². The summed E-state index contributed by atoms with van der Waals surface area (Å²) in [5.41, 5.74) is 0. The molecule has 65 heavy (non-hydrogen) atoms. The molecule has 0 aromatic carbocycles. The molecule has 0 aliphatic rings. The van der Waals surface area contributed by atoms with Crippen LogP contribution in [0.2, 0.25) is 0 Å². The first-order valence-corrected chi connectivity index (χ1v) is 28.5. The highest BCUT2D eigenvalue weighted by Crippen LogP contribution is 2.16.